The molecule has 1 amide bonds. The Morgan fingerprint density at radius 2 is 1.81 bits per heavy atom. The zero-order valence-corrected chi connectivity index (χ0v) is 18.5. The minimum Gasteiger partial charge on any atom is -0.489 e. The van der Waals surface area contributed by atoms with E-state index in [2.05, 4.69) is 5.32 Å². The third kappa shape index (κ3) is 4.96. The van der Waals surface area contributed by atoms with E-state index < -0.39 is 5.54 Å². The molecule has 1 fully saturated rings. The van der Waals surface area contributed by atoms with E-state index in [1.807, 2.05) is 26.0 Å². The average molecular weight is 448 g/mol. The Hall–Kier alpha value is -2.31. The monoisotopic (exact) mass is 447 g/mol. The number of amides is 1. The number of nitrogens with one attached hydrogen (secondary N) is 1. The summed E-state index contributed by atoms with van der Waals surface area (Å²) in [5, 5.41) is 3.63. The van der Waals surface area contributed by atoms with Gasteiger partial charge in [-0.25, -0.2) is 4.39 Å². The third-order valence-electron chi connectivity index (χ3n) is 5.80. The van der Waals surface area contributed by atoms with Gasteiger partial charge >= 0.3 is 0 Å². The molecule has 0 radical (unpaired) electrons. The highest BCUT2D eigenvalue weighted by molar-refractivity contribution is 6.32. The lowest BCUT2D eigenvalue weighted by Gasteiger charge is -2.43. The van der Waals surface area contributed by atoms with Gasteiger partial charge in [0, 0.05) is 31.2 Å². The van der Waals surface area contributed by atoms with Gasteiger partial charge in [0.25, 0.3) is 0 Å². The normalized spacial score (nSPS) is 25.5. The van der Waals surface area contributed by atoms with Gasteiger partial charge in [0.15, 0.2) is 11.5 Å². The number of hydrogen-bond acceptors (Lipinski definition) is 4. The molecule has 2 aliphatic heterocycles. The maximum Gasteiger partial charge on any atom is 0.220 e. The van der Waals surface area contributed by atoms with Crippen LogP contribution in [0.15, 0.2) is 36.4 Å². The molecule has 0 saturated carbocycles. The second-order valence-electron chi connectivity index (χ2n) is 8.42. The summed E-state index contributed by atoms with van der Waals surface area (Å²) in [7, 11) is 0. The molecular weight excluding hydrogens is 421 g/mol. The fourth-order valence-corrected chi connectivity index (χ4v) is 4.50. The molecule has 5 nitrogen and oxygen atoms in total. The Morgan fingerprint density at radius 1 is 1.13 bits per heavy atom. The molecule has 2 aromatic rings. The molecule has 7 heteroatoms. The molecule has 2 aliphatic rings. The van der Waals surface area contributed by atoms with Crippen molar-refractivity contribution in [2.75, 3.05) is 13.2 Å². The fourth-order valence-electron chi connectivity index (χ4n) is 4.23. The zero-order chi connectivity index (χ0) is 22.0. The van der Waals surface area contributed by atoms with E-state index >= 15 is 0 Å². The molecule has 0 aromatic heterocycles. The van der Waals surface area contributed by atoms with Crippen LogP contribution in [-0.4, -0.2) is 24.7 Å². The number of halogens is 2. The van der Waals surface area contributed by atoms with Crippen molar-refractivity contribution in [2.24, 2.45) is 0 Å². The van der Waals surface area contributed by atoms with Gasteiger partial charge in [-0.2, -0.15) is 0 Å². The molecule has 0 unspecified atom stereocenters. The van der Waals surface area contributed by atoms with Crippen LogP contribution in [0.4, 0.5) is 4.39 Å². The Bertz CT molecular complexity index is 951. The number of rotatable bonds is 4. The summed E-state index contributed by atoms with van der Waals surface area (Å²) >= 11 is 6.52. The molecule has 0 aliphatic carbocycles. The van der Waals surface area contributed by atoms with Crippen molar-refractivity contribution >= 4 is 17.5 Å². The van der Waals surface area contributed by atoms with Crippen LogP contribution >= 0.6 is 11.6 Å². The molecule has 1 N–H and O–H groups in total. The lowest BCUT2D eigenvalue weighted by molar-refractivity contribution is -0.128. The summed E-state index contributed by atoms with van der Waals surface area (Å²) in [5.74, 6) is 0.841. The SMILES string of the molecule is CCC(=O)N[C@@]1(C)C[C@@H](c2ccc(F)cc2)O[C@@H](c2cc(Cl)c3c(c2)OCCCO3)C1. The highest BCUT2D eigenvalue weighted by Crippen LogP contribution is 2.47. The van der Waals surface area contributed by atoms with Crippen molar-refractivity contribution in [1.82, 2.24) is 5.32 Å². The predicted octanol–water partition coefficient (Wildman–Crippen LogP) is 5.52. The lowest BCUT2D eigenvalue weighted by Crippen LogP contribution is -2.50. The summed E-state index contributed by atoms with van der Waals surface area (Å²) < 4.78 is 31.5. The predicted molar refractivity (Wildman–Crippen MR) is 116 cm³/mol. The number of benzene rings is 2. The van der Waals surface area contributed by atoms with Crippen LogP contribution in [0.5, 0.6) is 11.5 Å². The maximum absolute atomic E-state index is 13.5. The summed E-state index contributed by atoms with van der Waals surface area (Å²) in [6.45, 7) is 4.97. The number of hydrogen-bond donors (Lipinski definition) is 1. The largest absolute Gasteiger partial charge is 0.489 e. The minimum absolute atomic E-state index is 0.0160. The molecule has 4 rings (SSSR count). The maximum atomic E-state index is 13.5. The Kier molecular flexibility index (Phi) is 6.39. The van der Waals surface area contributed by atoms with Crippen LogP contribution in [-0.2, 0) is 9.53 Å². The van der Waals surface area contributed by atoms with E-state index in [9.17, 15) is 9.18 Å². The first kappa shape index (κ1) is 21.9. The van der Waals surface area contributed by atoms with Crippen molar-refractivity contribution in [3.8, 4) is 11.5 Å². The summed E-state index contributed by atoms with van der Waals surface area (Å²) in [4.78, 5) is 12.2. The summed E-state index contributed by atoms with van der Waals surface area (Å²) in [6, 6.07) is 10.1. The van der Waals surface area contributed by atoms with Crippen LogP contribution < -0.4 is 14.8 Å². The molecular formula is C24H27ClFNO4. The van der Waals surface area contributed by atoms with E-state index in [-0.39, 0.29) is 23.9 Å². The Balaban J connectivity index is 1.68. The topological polar surface area (TPSA) is 56.8 Å². The van der Waals surface area contributed by atoms with Crippen molar-refractivity contribution < 1.29 is 23.4 Å². The lowest BCUT2D eigenvalue weighted by atomic mass is 9.81. The third-order valence-corrected chi connectivity index (χ3v) is 6.08. The van der Waals surface area contributed by atoms with Crippen molar-refractivity contribution in [2.45, 2.75) is 57.3 Å². The van der Waals surface area contributed by atoms with E-state index in [0.717, 1.165) is 17.5 Å². The Morgan fingerprint density at radius 3 is 2.52 bits per heavy atom. The van der Waals surface area contributed by atoms with Gasteiger partial charge in [-0.05, 0) is 42.3 Å². The van der Waals surface area contributed by atoms with Crippen molar-refractivity contribution in [1.29, 1.82) is 0 Å². The van der Waals surface area contributed by atoms with Gasteiger partial charge in [-0.1, -0.05) is 30.7 Å². The molecule has 3 atom stereocenters. The van der Waals surface area contributed by atoms with Crippen LogP contribution in [0.3, 0.4) is 0 Å². The number of ether oxygens (including phenoxy) is 3. The van der Waals surface area contributed by atoms with E-state index in [4.69, 9.17) is 25.8 Å². The zero-order valence-electron chi connectivity index (χ0n) is 17.8. The van der Waals surface area contributed by atoms with E-state index in [0.29, 0.717) is 49.0 Å². The summed E-state index contributed by atoms with van der Waals surface area (Å²) in [5.41, 5.74) is 1.23. The smallest absolute Gasteiger partial charge is 0.220 e. The second-order valence-corrected chi connectivity index (χ2v) is 8.82. The van der Waals surface area contributed by atoms with Crippen molar-refractivity contribution in [3.63, 3.8) is 0 Å². The van der Waals surface area contributed by atoms with E-state index in [1.54, 1.807) is 12.1 Å². The number of carbonyl (C=O) groups is 1. The molecule has 0 spiro atoms. The highest BCUT2D eigenvalue weighted by atomic mass is 35.5. The fraction of sp³-hybridized carbons (Fsp3) is 0.458. The standard InChI is InChI=1S/C24H27ClFNO4/c1-3-22(28)27-24(2)13-20(15-5-7-17(26)8-6-15)31-21(14-24)16-11-18(25)23-19(12-16)29-9-4-10-30-23/h5-8,11-12,20-21H,3-4,9-10,13-14H2,1-2H3,(H,27,28)/t20-,21+,24-/m0/s1. The van der Waals surface area contributed by atoms with E-state index in [1.165, 1.54) is 12.1 Å². The Labute approximate surface area is 186 Å². The molecule has 2 aromatic carbocycles. The minimum atomic E-state index is -0.494. The molecule has 166 valence electrons. The number of carbonyl (C=O) groups excluding carboxylic acids is 1. The molecule has 0 bridgehead atoms. The van der Waals surface area contributed by atoms with Gasteiger partial charge in [-0.3, -0.25) is 4.79 Å². The first-order valence-corrected chi connectivity index (χ1v) is 11.1. The van der Waals surface area contributed by atoms with Gasteiger partial charge in [0.1, 0.15) is 5.82 Å². The molecule has 2 heterocycles. The first-order valence-electron chi connectivity index (χ1n) is 10.7. The highest BCUT2D eigenvalue weighted by Gasteiger charge is 2.40. The van der Waals surface area contributed by atoms with Crippen LogP contribution in [0.25, 0.3) is 0 Å². The van der Waals surface area contributed by atoms with Crippen LogP contribution in [0.2, 0.25) is 5.02 Å². The second kappa shape index (κ2) is 9.05. The average Bonchev–Trinajstić information content (AvgIpc) is 2.99. The van der Waals surface area contributed by atoms with Crippen LogP contribution in [0, 0.1) is 5.82 Å². The van der Waals surface area contributed by atoms with Gasteiger partial charge in [0.2, 0.25) is 5.91 Å². The quantitative estimate of drug-likeness (QED) is 0.670. The molecule has 1 saturated heterocycles. The van der Waals surface area contributed by atoms with Crippen molar-refractivity contribution in [3.05, 3.63) is 58.4 Å². The van der Waals surface area contributed by atoms with Gasteiger partial charge in [-0.15, -0.1) is 0 Å². The molecule has 31 heavy (non-hydrogen) atoms. The first-order chi connectivity index (χ1) is 14.9. The van der Waals surface area contributed by atoms with Crippen LogP contribution in [0.1, 0.15) is 62.9 Å². The number of fused-ring (bicyclic) bond motifs is 1. The summed E-state index contributed by atoms with van der Waals surface area (Å²) in [6.07, 6.45) is 1.70. The van der Waals surface area contributed by atoms with Gasteiger partial charge in [0.05, 0.1) is 30.4 Å². The van der Waals surface area contributed by atoms with Gasteiger partial charge < -0.3 is 19.5 Å².